The van der Waals surface area contributed by atoms with E-state index in [1.807, 2.05) is 0 Å². The highest BCUT2D eigenvalue weighted by molar-refractivity contribution is 5.85. The molecule has 12 heavy (non-hydrogen) atoms. The number of nitrogens with zero attached hydrogens (tertiary/aromatic N) is 2. The second kappa shape index (κ2) is 3.44. The van der Waals surface area contributed by atoms with Crippen molar-refractivity contribution < 1.29 is 0 Å². The summed E-state index contributed by atoms with van der Waals surface area (Å²) in [5, 5.41) is 3.38. The van der Waals surface area contributed by atoms with Crippen molar-refractivity contribution in [2.75, 3.05) is 33.2 Å². The third-order valence-electron chi connectivity index (χ3n) is 2.74. The monoisotopic (exact) mass is 167 g/mol. The zero-order valence-corrected chi connectivity index (χ0v) is 7.71. The highest BCUT2D eigenvalue weighted by Crippen LogP contribution is 2.15. The van der Waals surface area contributed by atoms with Crippen molar-refractivity contribution >= 4 is 5.84 Å². The van der Waals surface area contributed by atoms with Gasteiger partial charge in [0.25, 0.3) is 0 Å². The molecule has 0 aromatic heterocycles. The Morgan fingerprint density at radius 3 is 3.17 bits per heavy atom. The van der Waals surface area contributed by atoms with Gasteiger partial charge in [-0.25, -0.2) is 0 Å². The largest absolute Gasteiger partial charge is 0.363 e. The van der Waals surface area contributed by atoms with Gasteiger partial charge in [0.15, 0.2) is 0 Å². The molecule has 1 unspecified atom stereocenters. The smallest absolute Gasteiger partial charge is 0.103 e. The number of rotatable bonds is 1. The van der Waals surface area contributed by atoms with Gasteiger partial charge in [0.1, 0.15) is 5.84 Å². The minimum Gasteiger partial charge on any atom is -0.363 e. The molecule has 0 bridgehead atoms. The molecule has 0 saturated carbocycles. The van der Waals surface area contributed by atoms with Crippen molar-refractivity contribution in [3.63, 3.8) is 0 Å². The van der Waals surface area contributed by atoms with Crippen LogP contribution in [0.5, 0.6) is 0 Å². The van der Waals surface area contributed by atoms with Crippen molar-refractivity contribution in [2.24, 2.45) is 10.9 Å². The van der Waals surface area contributed by atoms with E-state index in [-0.39, 0.29) is 0 Å². The molecular weight excluding hydrogens is 150 g/mol. The topological polar surface area (TPSA) is 27.6 Å². The van der Waals surface area contributed by atoms with E-state index in [9.17, 15) is 0 Å². The van der Waals surface area contributed by atoms with E-state index >= 15 is 0 Å². The Kier molecular flexibility index (Phi) is 2.30. The molecule has 68 valence electrons. The lowest BCUT2D eigenvalue weighted by molar-refractivity contribution is 0.435. The summed E-state index contributed by atoms with van der Waals surface area (Å²) in [4.78, 5) is 6.92. The van der Waals surface area contributed by atoms with E-state index in [0.29, 0.717) is 5.92 Å². The maximum absolute atomic E-state index is 4.60. The summed E-state index contributed by atoms with van der Waals surface area (Å²) < 4.78 is 0. The summed E-state index contributed by atoms with van der Waals surface area (Å²) in [5.41, 5.74) is 0. The molecule has 1 N–H and O–H groups in total. The van der Waals surface area contributed by atoms with Gasteiger partial charge < -0.3 is 10.2 Å². The molecule has 2 aliphatic heterocycles. The minimum absolute atomic E-state index is 0.690. The third-order valence-corrected chi connectivity index (χ3v) is 2.74. The fourth-order valence-electron chi connectivity index (χ4n) is 2.05. The van der Waals surface area contributed by atoms with Crippen molar-refractivity contribution in [1.29, 1.82) is 0 Å². The van der Waals surface area contributed by atoms with Crippen LogP contribution in [0.25, 0.3) is 0 Å². The average molecular weight is 167 g/mol. The fraction of sp³-hybridized carbons (Fsp3) is 0.889. The molecule has 3 heteroatoms. The lowest BCUT2D eigenvalue weighted by Gasteiger charge is -2.28. The normalized spacial score (nSPS) is 30.6. The molecule has 2 aliphatic rings. The Hall–Kier alpha value is -0.570. The van der Waals surface area contributed by atoms with Crippen LogP contribution in [0, 0.1) is 5.92 Å². The quantitative estimate of drug-likeness (QED) is 0.609. The number of hydrogen-bond acceptors (Lipinski definition) is 3. The van der Waals surface area contributed by atoms with Crippen LogP contribution in [0.3, 0.4) is 0 Å². The van der Waals surface area contributed by atoms with Crippen molar-refractivity contribution in [3.05, 3.63) is 0 Å². The van der Waals surface area contributed by atoms with Gasteiger partial charge in [-0.3, -0.25) is 4.99 Å². The van der Waals surface area contributed by atoms with Crippen LogP contribution in [0.15, 0.2) is 4.99 Å². The lowest BCUT2D eigenvalue weighted by Crippen LogP contribution is -2.38. The first-order valence-corrected chi connectivity index (χ1v) is 4.84. The average Bonchev–Trinajstić information content (AvgIpc) is 2.57. The number of nitrogens with one attached hydrogen (secondary N) is 1. The van der Waals surface area contributed by atoms with Crippen LogP contribution in [0.2, 0.25) is 0 Å². The highest BCUT2D eigenvalue weighted by atomic mass is 15.2. The standard InChI is InChI=1S/C9H17N3/c1-12-6-2-4-11-9(12)8-3-5-10-7-8/h8,10H,2-7H2,1H3. The molecule has 0 radical (unpaired) electrons. The molecule has 3 nitrogen and oxygen atoms in total. The van der Waals surface area contributed by atoms with Crippen LogP contribution < -0.4 is 5.32 Å². The van der Waals surface area contributed by atoms with Crippen LogP contribution >= 0.6 is 0 Å². The summed E-state index contributed by atoms with van der Waals surface area (Å²) in [6.45, 7) is 4.52. The molecule has 0 aromatic rings. The Morgan fingerprint density at radius 1 is 1.58 bits per heavy atom. The van der Waals surface area contributed by atoms with Crippen LogP contribution in [0.4, 0.5) is 0 Å². The SMILES string of the molecule is CN1CCCN=C1C1CCNC1. The van der Waals surface area contributed by atoms with E-state index in [4.69, 9.17) is 0 Å². The summed E-state index contributed by atoms with van der Waals surface area (Å²) in [6, 6.07) is 0. The van der Waals surface area contributed by atoms with E-state index in [1.54, 1.807) is 0 Å². The maximum Gasteiger partial charge on any atom is 0.103 e. The predicted molar refractivity (Wildman–Crippen MR) is 50.5 cm³/mol. The summed E-state index contributed by atoms with van der Waals surface area (Å²) in [7, 11) is 2.16. The molecular formula is C9H17N3. The second-order valence-electron chi connectivity index (χ2n) is 3.70. The second-order valence-corrected chi connectivity index (χ2v) is 3.70. The zero-order chi connectivity index (χ0) is 8.39. The van der Waals surface area contributed by atoms with Gasteiger partial charge in [0.2, 0.25) is 0 Å². The van der Waals surface area contributed by atoms with Crippen LogP contribution in [-0.2, 0) is 0 Å². The highest BCUT2D eigenvalue weighted by Gasteiger charge is 2.24. The van der Waals surface area contributed by atoms with Gasteiger partial charge in [-0.1, -0.05) is 0 Å². The van der Waals surface area contributed by atoms with E-state index in [0.717, 1.165) is 19.6 Å². The minimum atomic E-state index is 0.690. The predicted octanol–water partition coefficient (Wildman–Crippen LogP) is 0.330. The molecule has 0 aliphatic carbocycles. The maximum atomic E-state index is 4.60. The van der Waals surface area contributed by atoms with Gasteiger partial charge in [-0.2, -0.15) is 0 Å². The lowest BCUT2D eigenvalue weighted by atomic mass is 10.1. The molecule has 2 rings (SSSR count). The third kappa shape index (κ3) is 1.46. The Bertz CT molecular complexity index is 182. The van der Waals surface area contributed by atoms with Gasteiger partial charge in [0.05, 0.1) is 0 Å². The molecule has 1 saturated heterocycles. The zero-order valence-electron chi connectivity index (χ0n) is 7.71. The first-order valence-electron chi connectivity index (χ1n) is 4.84. The van der Waals surface area contributed by atoms with Crippen LogP contribution in [0.1, 0.15) is 12.8 Å². The molecule has 1 fully saturated rings. The van der Waals surface area contributed by atoms with Crippen LogP contribution in [-0.4, -0.2) is 44.0 Å². The molecule has 0 amide bonds. The molecule has 1 atom stereocenters. The molecule has 0 spiro atoms. The number of aliphatic imine (C=N–C) groups is 1. The summed E-state index contributed by atoms with van der Waals surface area (Å²) in [6.07, 6.45) is 2.49. The van der Waals surface area contributed by atoms with E-state index < -0.39 is 0 Å². The first kappa shape index (κ1) is 8.05. The Balaban J connectivity index is 2.04. The van der Waals surface area contributed by atoms with Crippen molar-refractivity contribution in [2.45, 2.75) is 12.8 Å². The summed E-state index contributed by atoms with van der Waals surface area (Å²) >= 11 is 0. The van der Waals surface area contributed by atoms with Gasteiger partial charge in [-0.15, -0.1) is 0 Å². The number of amidine groups is 1. The number of hydrogen-bond donors (Lipinski definition) is 1. The van der Waals surface area contributed by atoms with Crippen molar-refractivity contribution in [3.8, 4) is 0 Å². The molecule has 0 aromatic carbocycles. The van der Waals surface area contributed by atoms with E-state index in [2.05, 4.69) is 22.3 Å². The van der Waals surface area contributed by atoms with E-state index in [1.165, 1.54) is 25.2 Å². The van der Waals surface area contributed by atoms with Gasteiger partial charge in [0, 0.05) is 32.6 Å². The molecule has 2 heterocycles. The first-order chi connectivity index (χ1) is 5.88. The van der Waals surface area contributed by atoms with Gasteiger partial charge >= 0.3 is 0 Å². The summed E-state index contributed by atoms with van der Waals surface area (Å²) in [5.74, 6) is 2.03. The Labute approximate surface area is 73.9 Å². The van der Waals surface area contributed by atoms with Gasteiger partial charge in [-0.05, 0) is 19.4 Å². The Morgan fingerprint density at radius 2 is 2.50 bits per heavy atom. The van der Waals surface area contributed by atoms with Crippen molar-refractivity contribution in [1.82, 2.24) is 10.2 Å². The fourth-order valence-corrected chi connectivity index (χ4v) is 2.05.